The molecule has 1 fully saturated rings. The normalized spacial score (nSPS) is 16.6. The Labute approximate surface area is 152 Å². The highest BCUT2D eigenvalue weighted by Crippen LogP contribution is 2.30. The molecule has 1 aromatic heterocycles. The number of methoxy groups -OCH3 is 2. The third-order valence-electron chi connectivity index (χ3n) is 4.39. The van der Waals surface area contributed by atoms with Crippen LogP contribution >= 0.6 is 0 Å². The summed E-state index contributed by atoms with van der Waals surface area (Å²) in [5.74, 6) is 1.89. The lowest BCUT2D eigenvalue weighted by atomic mass is 10.3. The Morgan fingerprint density at radius 3 is 2.50 bits per heavy atom. The molecule has 26 heavy (non-hydrogen) atoms. The maximum Gasteiger partial charge on any atom is 0.271 e. The van der Waals surface area contributed by atoms with Crippen molar-refractivity contribution in [3.8, 4) is 11.5 Å². The number of aryl methyl sites for hydroxylation is 1. The second kappa shape index (κ2) is 7.60. The molecule has 0 saturated carbocycles. The summed E-state index contributed by atoms with van der Waals surface area (Å²) in [4.78, 5) is 1.33. The van der Waals surface area contributed by atoms with Crippen LogP contribution in [0.4, 0.5) is 0 Å². The van der Waals surface area contributed by atoms with Crippen molar-refractivity contribution in [2.24, 2.45) is 0 Å². The Morgan fingerprint density at radius 2 is 1.92 bits per heavy atom. The number of rotatable bonds is 6. The standard InChI is InChI=1S/C16H22N4O5S/c1-12-17-18-16(25-12)11-19-6-8-20(9-7-19)26(21,22)15-10-13(23-2)4-5-14(15)24-3/h4-5,10H,6-9,11H2,1-3H3/p+1. The number of benzene rings is 1. The van der Waals surface area contributed by atoms with Gasteiger partial charge in [-0.15, -0.1) is 10.2 Å². The summed E-state index contributed by atoms with van der Waals surface area (Å²) in [6.07, 6.45) is 0. The minimum atomic E-state index is -3.67. The number of nitrogens with zero attached hydrogens (tertiary/aromatic N) is 3. The van der Waals surface area contributed by atoms with E-state index in [9.17, 15) is 8.42 Å². The van der Waals surface area contributed by atoms with E-state index in [0.717, 1.165) is 0 Å². The van der Waals surface area contributed by atoms with E-state index in [-0.39, 0.29) is 4.90 Å². The number of piperazine rings is 1. The van der Waals surface area contributed by atoms with Gasteiger partial charge in [0.25, 0.3) is 5.89 Å². The smallest absolute Gasteiger partial charge is 0.271 e. The Kier molecular flexibility index (Phi) is 5.44. The van der Waals surface area contributed by atoms with Crippen molar-refractivity contribution in [1.29, 1.82) is 0 Å². The van der Waals surface area contributed by atoms with E-state index in [2.05, 4.69) is 10.2 Å². The Morgan fingerprint density at radius 1 is 1.19 bits per heavy atom. The molecule has 10 heteroatoms. The van der Waals surface area contributed by atoms with Crippen molar-refractivity contribution in [1.82, 2.24) is 14.5 Å². The Balaban J connectivity index is 1.72. The van der Waals surface area contributed by atoms with Gasteiger partial charge in [0.15, 0.2) is 6.54 Å². The van der Waals surface area contributed by atoms with Crippen LogP contribution in [-0.4, -0.2) is 63.3 Å². The molecule has 1 aliphatic rings. The molecule has 0 unspecified atom stereocenters. The first-order valence-corrected chi connectivity index (χ1v) is 9.73. The molecule has 0 bridgehead atoms. The van der Waals surface area contributed by atoms with Crippen molar-refractivity contribution in [3.63, 3.8) is 0 Å². The minimum absolute atomic E-state index is 0.121. The summed E-state index contributed by atoms with van der Waals surface area (Å²) in [7, 11) is -0.713. The van der Waals surface area contributed by atoms with Gasteiger partial charge in [0, 0.05) is 13.0 Å². The third-order valence-corrected chi connectivity index (χ3v) is 6.31. The van der Waals surface area contributed by atoms with Gasteiger partial charge in [0.2, 0.25) is 15.9 Å². The van der Waals surface area contributed by atoms with Crippen LogP contribution in [0.3, 0.4) is 0 Å². The van der Waals surface area contributed by atoms with Gasteiger partial charge in [-0.2, -0.15) is 4.31 Å². The highest BCUT2D eigenvalue weighted by molar-refractivity contribution is 7.89. The first-order valence-electron chi connectivity index (χ1n) is 8.28. The van der Waals surface area contributed by atoms with Gasteiger partial charge in [-0.25, -0.2) is 8.42 Å². The summed E-state index contributed by atoms with van der Waals surface area (Å²) in [6.45, 7) is 4.48. The molecule has 1 N–H and O–H groups in total. The summed E-state index contributed by atoms with van der Waals surface area (Å²) < 4.78 is 43.4. The van der Waals surface area contributed by atoms with E-state index in [0.29, 0.717) is 56.0 Å². The monoisotopic (exact) mass is 383 g/mol. The van der Waals surface area contributed by atoms with Gasteiger partial charge in [-0.05, 0) is 12.1 Å². The van der Waals surface area contributed by atoms with Crippen LogP contribution < -0.4 is 14.4 Å². The van der Waals surface area contributed by atoms with E-state index in [4.69, 9.17) is 13.9 Å². The van der Waals surface area contributed by atoms with Crippen molar-refractivity contribution >= 4 is 10.0 Å². The number of nitrogens with one attached hydrogen (secondary N) is 1. The molecule has 3 rings (SSSR count). The predicted molar refractivity (Wildman–Crippen MR) is 91.7 cm³/mol. The van der Waals surface area contributed by atoms with E-state index >= 15 is 0 Å². The average molecular weight is 383 g/mol. The zero-order valence-electron chi connectivity index (χ0n) is 15.1. The van der Waals surface area contributed by atoms with Crippen LogP contribution in [0.2, 0.25) is 0 Å². The lowest BCUT2D eigenvalue weighted by Gasteiger charge is -2.31. The number of sulfonamides is 1. The minimum Gasteiger partial charge on any atom is -0.497 e. The Bertz CT molecular complexity index is 859. The second-order valence-electron chi connectivity index (χ2n) is 6.06. The summed E-state index contributed by atoms with van der Waals surface area (Å²) >= 11 is 0. The molecule has 1 aliphatic heterocycles. The number of hydrogen-bond acceptors (Lipinski definition) is 7. The maximum atomic E-state index is 13.0. The van der Waals surface area contributed by atoms with Crippen molar-refractivity contribution in [2.75, 3.05) is 40.4 Å². The van der Waals surface area contributed by atoms with Crippen LogP contribution in [-0.2, 0) is 16.6 Å². The number of quaternary nitrogens is 1. The van der Waals surface area contributed by atoms with E-state index in [1.165, 1.54) is 29.5 Å². The molecule has 1 saturated heterocycles. The number of hydrogen-bond donors (Lipinski definition) is 1. The SMILES string of the molecule is COc1ccc(OC)c(S(=O)(=O)N2CC[NH+](Cc3nnc(C)o3)CC2)c1. The number of ether oxygens (including phenoxy) is 2. The third kappa shape index (κ3) is 3.81. The molecule has 0 aliphatic carbocycles. The van der Waals surface area contributed by atoms with Gasteiger partial charge < -0.3 is 18.8 Å². The van der Waals surface area contributed by atoms with Crippen LogP contribution in [0.5, 0.6) is 11.5 Å². The van der Waals surface area contributed by atoms with Gasteiger partial charge >= 0.3 is 0 Å². The molecule has 0 atom stereocenters. The summed E-state index contributed by atoms with van der Waals surface area (Å²) in [5, 5.41) is 7.82. The highest BCUT2D eigenvalue weighted by Gasteiger charge is 2.33. The van der Waals surface area contributed by atoms with Crippen molar-refractivity contribution < 1.29 is 27.2 Å². The quantitative estimate of drug-likeness (QED) is 0.717. The average Bonchev–Trinajstić information content (AvgIpc) is 3.06. The fourth-order valence-corrected chi connectivity index (χ4v) is 4.58. The topological polar surface area (TPSA) is 99.2 Å². The summed E-state index contributed by atoms with van der Waals surface area (Å²) in [5.41, 5.74) is 0. The van der Waals surface area contributed by atoms with Gasteiger partial charge in [-0.1, -0.05) is 0 Å². The molecule has 1 aromatic carbocycles. The molecule has 2 aromatic rings. The predicted octanol–water partition coefficient (Wildman–Crippen LogP) is -0.515. The van der Waals surface area contributed by atoms with Gasteiger partial charge in [-0.3, -0.25) is 0 Å². The van der Waals surface area contributed by atoms with E-state index in [1.807, 2.05) is 0 Å². The lowest BCUT2D eigenvalue weighted by Crippen LogP contribution is -3.13. The first-order chi connectivity index (χ1) is 12.4. The fourth-order valence-electron chi connectivity index (χ4n) is 2.97. The van der Waals surface area contributed by atoms with Crippen LogP contribution in [0.25, 0.3) is 0 Å². The van der Waals surface area contributed by atoms with E-state index < -0.39 is 10.0 Å². The molecular weight excluding hydrogens is 360 g/mol. The van der Waals surface area contributed by atoms with Gasteiger partial charge in [0.05, 0.1) is 40.4 Å². The molecule has 0 radical (unpaired) electrons. The van der Waals surface area contributed by atoms with Crippen molar-refractivity contribution in [2.45, 2.75) is 18.4 Å². The summed E-state index contributed by atoms with van der Waals surface area (Å²) in [6, 6.07) is 4.77. The molecule has 0 amide bonds. The van der Waals surface area contributed by atoms with Crippen LogP contribution in [0.1, 0.15) is 11.8 Å². The lowest BCUT2D eigenvalue weighted by molar-refractivity contribution is -0.918. The molecule has 2 heterocycles. The maximum absolute atomic E-state index is 13.0. The fraction of sp³-hybridized carbons (Fsp3) is 0.500. The molecule has 9 nitrogen and oxygen atoms in total. The largest absolute Gasteiger partial charge is 0.497 e. The van der Waals surface area contributed by atoms with Crippen LogP contribution in [0, 0.1) is 6.92 Å². The van der Waals surface area contributed by atoms with Crippen LogP contribution in [0.15, 0.2) is 27.5 Å². The Hall–Kier alpha value is -2.17. The molecular formula is C16H23N4O5S+. The molecule has 142 valence electrons. The second-order valence-corrected chi connectivity index (χ2v) is 7.97. The number of aromatic nitrogens is 2. The first kappa shape index (κ1) is 18.6. The zero-order valence-corrected chi connectivity index (χ0v) is 15.9. The highest BCUT2D eigenvalue weighted by atomic mass is 32.2. The zero-order chi connectivity index (χ0) is 18.7. The van der Waals surface area contributed by atoms with Gasteiger partial charge in [0.1, 0.15) is 16.4 Å². The van der Waals surface area contributed by atoms with E-state index in [1.54, 1.807) is 19.1 Å². The van der Waals surface area contributed by atoms with Crippen molar-refractivity contribution in [3.05, 3.63) is 30.0 Å². The molecule has 0 spiro atoms.